The van der Waals surface area contributed by atoms with E-state index in [2.05, 4.69) is 6.92 Å². The minimum atomic E-state index is 0.0322. The number of Topliss-reactive ketones (excluding diaryl/α,β-unsaturated/α-hetero) is 1. The third-order valence-corrected chi connectivity index (χ3v) is 3.30. The largest absolute Gasteiger partial charge is 0.334 e. The van der Waals surface area contributed by atoms with Gasteiger partial charge in [0.15, 0.2) is 5.78 Å². The molecule has 3 heteroatoms. The third kappa shape index (κ3) is 1.60. The van der Waals surface area contributed by atoms with Gasteiger partial charge in [-0.3, -0.25) is 9.59 Å². The van der Waals surface area contributed by atoms with Crippen molar-refractivity contribution in [1.82, 2.24) is 4.90 Å². The maximum atomic E-state index is 11.3. The molecule has 1 heterocycles. The second kappa shape index (κ2) is 2.82. The van der Waals surface area contributed by atoms with Gasteiger partial charge in [-0.25, -0.2) is 0 Å². The van der Waals surface area contributed by atoms with Crippen LogP contribution in [-0.2, 0) is 9.59 Å². The minimum absolute atomic E-state index is 0.0322. The molecule has 0 bridgehead atoms. The number of amides is 1. The Hall–Kier alpha value is -0.860. The van der Waals surface area contributed by atoms with Crippen molar-refractivity contribution >= 4 is 11.7 Å². The van der Waals surface area contributed by atoms with Gasteiger partial charge < -0.3 is 4.90 Å². The van der Waals surface area contributed by atoms with Crippen LogP contribution < -0.4 is 0 Å². The molecule has 2 fully saturated rings. The quantitative estimate of drug-likeness (QED) is 0.608. The lowest BCUT2D eigenvalue weighted by Crippen LogP contribution is -2.31. The molecule has 2 rings (SSSR count). The number of carbonyl (C=O) groups is 2. The normalized spacial score (nSPS) is 25.5. The summed E-state index contributed by atoms with van der Waals surface area (Å²) in [5, 5.41) is 0. The van der Waals surface area contributed by atoms with Gasteiger partial charge in [-0.2, -0.15) is 0 Å². The van der Waals surface area contributed by atoms with Gasteiger partial charge in [0, 0.05) is 6.54 Å². The lowest BCUT2D eigenvalue weighted by atomic mass is 10.0. The summed E-state index contributed by atoms with van der Waals surface area (Å²) in [7, 11) is 0. The standard InChI is InChI=1S/C10H15NO2/c1-2-10(3-4-10)7-11-6-8(12)5-9(11)13/h2-7H2,1H3. The van der Waals surface area contributed by atoms with Crippen LogP contribution in [0.4, 0.5) is 0 Å². The Bertz CT molecular complexity index is 256. The number of ketones is 1. The Morgan fingerprint density at radius 3 is 2.46 bits per heavy atom. The fraction of sp³-hybridized carbons (Fsp3) is 0.800. The van der Waals surface area contributed by atoms with Crippen molar-refractivity contribution in [3.05, 3.63) is 0 Å². The highest BCUT2D eigenvalue weighted by Gasteiger charge is 2.44. The van der Waals surface area contributed by atoms with Crippen molar-refractivity contribution in [2.75, 3.05) is 13.1 Å². The first kappa shape index (κ1) is 8.73. The Morgan fingerprint density at radius 2 is 2.08 bits per heavy atom. The molecule has 1 amide bonds. The van der Waals surface area contributed by atoms with Crippen molar-refractivity contribution < 1.29 is 9.59 Å². The van der Waals surface area contributed by atoms with E-state index < -0.39 is 0 Å². The van der Waals surface area contributed by atoms with E-state index in [1.54, 1.807) is 4.90 Å². The lowest BCUT2D eigenvalue weighted by Gasteiger charge is -2.21. The van der Waals surface area contributed by atoms with Crippen LogP contribution >= 0.6 is 0 Å². The van der Waals surface area contributed by atoms with Crippen molar-refractivity contribution in [2.24, 2.45) is 5.41 Å². The predicted molar refractivity (Wildman–Crippen MR) is 48.2 cm³/mol. The van der Waals surface area contributed by atoms with Gasteiger partial charge in [-0.05, 0) is 24.7 Å². The van der Waals surface area contributed by atoms with Crippen LogP contribution in [0.25, 0.3) is 0 Å². The Kier molecular flexibility index (Phi) is 1.90. The molecular weight excluding hydrogens is 166 g/mol. The van der Waals surface area contributed by atoms with Crippen LogP contribution in [0.1, 0.15) is 32.6 Å². The fourth-order valence-corrected chi connectivity index (χ4v) is 1.99. The average molecular weight is 181 g/mol. The number of nitrogens with zero attached hydrogens (tertiary/aromatic N) is 1. The highest BCUT2D eigenvalue weighted by atomic mass is 16.2. The summed E-state index contributed by atoms with van der Waals surface area (Å²) in [4.78, 5) is 24.0. The molecule has 1 saturated heterocycles. The fourth-order valence-electron chi connectivity index (χ4n) is 1.99. The van der Waals surface area contributed by atoms with Crippen molar-refractivity contribution in [3.63, 3.8) is 0 Å². The van der Waals surface area contributed by atoms with Crippen LogP contribution in [-0.4, -0.2) is 29.7 Å². The predicted octanol–water partition coefficient (Wildman–Crippen LogP) is 0.978. The Morgan fingerprint density at radius 1 is 1.38 bits per heavy atom. The summed E-state index contributed by atoms with van der Waals surface area (Å²) in [6.45, 7) is 3.34. The average Bonchev–Trinajstić information content (AvgIpc) is 2.77. The van der Waals surface area contributed by atoms with Crippen LogP contribution in [0.2, 0.25) is 0 Å². The first-order valence-corrected chi connectivity index (χ1v) is 4.95. The van der Waals surface area contributed by atoms with E-state index in [9.17, 15) is 9.59 Å². The van der Waals surface area contributed by atoms with Crippen molar-refractivity contribution in [1.29, 1.82) is 0 Å². The molecule has 0 unspecified atom stereocenters. The zero-order chi connectivity index (χ0) is 9.47. The van der Waals surface area contributed by atoms with E-state index >= 15 is 0 Å². The van der Waals surface area contributed by atoms with Gasteiger partial charge >= 0.3 is 0 Å². The number of likely N-dealkylation sites (tertiary alicyclic amines) is 1. The Labute approximate surface area is 78.1 Å². The molecule has 0 atom stereocenters. The number of rotatable bonds is 3. The number of hydrogen-bond donors (Lipinski definition) is 0. The molecular formula is C10H15NO2. The second-order valence-corrected chi connectivity index (χ2v) is 4.32. The van der Waals surface area contributed by atoms with Crippen LogP contribution in [0.3, 0.4) is 0 Å². The summed E-state index contributed by atoms with van der Waals surface area (Å²) in [6.07, 6.45) is 3.72. The molecule has 0 radical (unpaired) electrons. The smallest absolute Gasteiger partial charge is 0.230 e. The molecule has 1 saturated carbocycles. The van der Waals surface area contributed by atoms with E-state index in [1.165, 1.54) is 12.8 Å². The molecule has 0 aromatic heterocycles. The SMILES string of the molecule is CCC1(CN2CC(=O)CC2=O)CC1. The maximum absolute atomic E-state index is 11.3. The zero-order valence-corrected chi connectivity index (χ0v) is 8.01. The Balaban J connectivity index is 1.95. The first-order chi connectivity index (χ1) is 6.15. The third-order valence-electron chi connectivity index (χ3n) is 3.30. The molecule has 72 valence electrons. The van der Waals surface area contributed by atoms with Gasteiger partial charge in [-0.1, -0.05) is 6.92 Å². The topological polar surface area (TPSA) is 37.4 Å². The van der Waals surface area contributed by atoms with E-state index in [-0.39, 0.29) is 18.1 Å². The van der Waals surface area contributed by atoms with Gasteiger partial charge in [0.1, 0.15) is 0 Å². The van der Waals surface area contributed by atoms with Crippen LogP contribution in [0.5, 0.6) is 0 Å². The summed E-state index contributed by atoms with van der Waals surface area (Å²) in [6, 6.07) is 0. The van der Waals surface area contributed by atoms with E-state index in [4.69, 9.17) is 0 Å². The molecule has 2 aliphatic rings. The molecule has 1 aliphatic heterocycles. The van der Waals surface area contributed by atoms with E-state index in [0.29, 0.717) is 12.0 Å². The molecule has 0 spiro atoms. The molecule has 0 N–H and O–H groups in total. The summed E-state index contributed by atoms with van der Waals surface area (Å²) >= 11 is 0. The maximum Gasteiger partial charge on any atom is 0.230 e. The summed E-state index contributed by atoms with van der Waals surface area (Å²) in [5.41, 5.74) is 0.375. The highest BCUT2D eigenvalue weighted by molar-refractivity contribution is 6.05. The van der Waals surface area contributed by atoms with E-state index in [1.807, 2.05) is 0 Å². The highest BCUT2D eigenvalue weighted by Crippen LogP contribution is 2.49. The van der Waals surface area contributed by atoms with Crippen molar-refractivity contribution in [2.45, 2.75) is 32.6 Å². The van der Waals surface area contributed by atoms with Crippen LogP contribution in [0.15, 0.2) is 0 Å². The molecule has 0 aromatic carbocycles. The molecule has 3 nitrogen and oxygen atoms in total. The van der Waals surface area contributed by atoms with Crippen LogP contribution in [0, 0.1) is 5.41 Å². The van der Waals surface area contributed by atoms with Gasteiger partial charge in [0.25, 0.3) is 0 Å². The monoisotopic (exact) mass is 181 g/mol. The van der Waals surface area contributed by atoms with E-state index in [0.717, 1.165) is 13.0 Å². The van der Waals surface area contributed by atoms with Gasteiger partial charge in [0.05, 0.1) is 13.0 Å². The molecule has 1 aliphatic carbocycles. The zero-order valence-electron chi connectivity index (χ0n) is 8.01. The second-order valence-electron chi connectivity index (χ2n) is 4.32. The van der Waals surface area contributed by atoms with Gasteiger partial charge in [0.2, 0.25) is 5.91 Å². The number of hydrogen-bond acceptors (Lipinski definition) is 2. The summed E-state index contributed by atoms with van der Waals surface area (Å²) < 4.78 is 0. The lowest BCUT2D eigenvalue weighted by molar-refractivity contribution is -0.128. The molecule has 0 aromatic rings. The number of carbonyl (C=O) groups excluding carboxylic acids is 2. The van der Waals surface area contributed by atoms with Gasteiger partial charge in [-0.15, -0.1) is 0 Å². The molecule has 13 heavy (non-hydrogen) atoms. The first-order valence-electron chi connectivity index (χ1n) is 4.95. The summed E-state index contributed by atoms with van der Waals surface area (Å²) in [5.74, 6) is 0.113. The minimum Gasteiger partial charge on any atom is -0.334 e. The van der Waals surface area contributed by atoms with Crippen molar-refractivity contribution in [3.8, 4) is 0 Å².